The van der Waals surface area contributed by atoms with Crippen LogP contribution in [-0.4, -0.2) is 38.5 Å². The third-order valence-electron chi connectivity index (χ3n) is 4.40. The molecule has 0 bridgehead atoms. The van der Waals surface area contributed by atoms with Gasteiger partial charge in [-0.05, 0) is 35.4 Å². The summed E-state index contributed by atoms with van der Waals surface area (Å²) in [6.45, 7) is 3.29. The van der Waals surface area contributed by atoms with Crippen molar-refractivity contribution in [3.63, 3.8) is 0 Å². The lowest BCUT2D eigenvalue weighted by Gasteiger charge is -2.28. The van der Waals surface area contributed by atoms with Crippen LogP contribution in [0.2, 0.25) is 5.02 Å². The molecule has 3 N–H and O–H groups in total. The first-order chi connectivity index (χ1) is 13.1. The van der Waals surface area contributed by atoms with Gasteiger partial charge in [-0.3, -0.25) is 9.79 Å². The molecule has 0 unspecified atom stereocenters. The Morgan fingerprint density at radius 1 is 1.07 bits per heavy atom. The van der Waals surface area contributed by atoms with Crippen molar-refractivity contribution in [1.29, 1.82) is 0 Å². The smallest absolute Gasteiger partial charge is 0.239 e. The van der Waals surface area contributed by atoms with Crippen LogP contribution in [0.25, 0.3) is 0 Å². The summed E-state index contributed by atoms with van der Waals surface area (Å²) >= 11 is 5.91. The maximum Gasteiger partial charge on any atom is 0.239 e. The van der Waals surface area contributed by atoms with Crippen LogP contribution in [0.15, 0.2) is 53.5 Å². The van der Waals surface area contributed by atoms with Crippen LogP contribution in [0, 0.1) is 0 Å². The predicted octanol–water partition coefficient (Wildman–Crippen LogP) is 2.14. The Hall–Kier alpha value is -2.73. The highest BCUT2D eigenvalue weighted by atomic mass is 35.5. The summed E-state index contributed by atoms with van der Waals surface area (Å²) in [5.74, 6) is 0.810. The Labute approximate surface area is 164 Å². The van der Waals surface area contributed by atoms with Crippen LogP contribution in [0.1, 0.15) is 11.1 Å². The molecular weight excluding hydrogens is 362 g/mol. The van der Waals surface area contributed by atoms with Crippen LogP contribution in [0.3, 0.4) is 0 Å². The van der Waals surface area contributed by atoms with Crippen molar-refractivity contribution < 1.29 is 4.79 Å². The topological polar surface area (TPSA) is 68.8 Å². The average molecular weight is 386 g/mol. The minimum atomic E-state index is 0.0718. The van der Waals surface area contributed by atoms with E-state index in [4.69, 9.17) is 11.6 Å². The van der Waals surface area contributed by atoms with E-state index in [1.165, 1.54) is 0 Å². The summed E-state index contributed by atoms with van der Waals surface area (Å²) in [6, 6.07) is 16.0. The largest absolute Gasteiger partial charge is 0.360 e. The van der Waals surface area contributed by atoms with Crippen molar-refractivity contribution in [2.75, 3.05) is 31.6 Å². The average Bonchev–Trinajstić information content (AvgIpc) is 2.70. The lowest BCUT2D eigenvalue weighted by atomic mass is 10.2. The van der Waals surface area contributed by atoms with Gasteiger partial charge < -0.3 is 20.9 Å². The maximum absolute atomic E-state index is 11.5. The Morgan fingerprint density at radius 3 is 2.22 bits per heavy atom. The van der Waals surface area contributed by atoms with Crippen molar-refractivity contribution in [1.82, 2.24) is 16.0 Å². The zero-order chi connectivity index (χ0) is 19.1. The van der Waals surface area contributed by atoms with E-state index in [2.05, 4.69) is 50.1 Å². The lowest BCUT2D eigenvalue weighted by Crippen LogP contribution is -2.47. The molecule has 0 aliphatic carbocycles. The van der Waals surface area contributed by atoms with Crippen LogP contribution >= 0.6 is 11.6 Å². The normalized spacial score (nSPS) is 14.7. The number of rotatable bonds is 5. The molecule has 3 rings (SSSR count). The van der Waals surface area contributed by atoms with E-state index in [0.717, 1.165) is 34.3 Å². The Morgan fingerprint density at radius 2 is 1.67 bits per heavy atom. The summed E-state index contributed by atoms with van der Waals surface area (Å²) in [6.07, 6.45) is 0. The van der Waals surface area contributed by atoms with E-state index in [1.807, 2.05) is 24.3 Å². The van der Waals surface area contributed by atoms with Gasteiger partial charge in [0.05, 0.1) is 6.54 Å². The summed E-state index contributed by atoms with van der Waals surface area (Å²) in [5, 5.41) is 10.2. The second-order valence-corrected chi connectivity index (χ2v) is 6.78. The van der Waals surface area contributed by atoms with Gasteiger partial charge in [0.2, 0.25) is 5.91 Å². The third kappa shape index (κ3) is 5.62. The van der Waals surface area contributed by atoms with E-state index >= 15 is 0 Å². The molecule has 0 saturated carbocycles. The molecule has 1 fully saturated rings. The van der Waals surface area contributed by atoms with Crippen molar-refractivity contribution in [2.24, 2.45) is 4.99 Å². The van der Waals surface area contributed by atoms with Crippen molar-refractivity contribution >= 4 is 29.2 Å². The third-order valence-corrected chi connectivity index (χ3v) is 4.65. The van der Waals surface area contributed by atoms with Gasteiger partial charge in [0.25, 0.3) is 0 Å². The number of anilines is 1. The maximum atomic E-state index is 11.5. The first-order valence-corrected chi connectivity index (χ1v) is 9.31. The number of amides is 1. The van der Waals surface area contributed by atoms with Crippen molar-refractivity contribution in [3.05, 3.63) is 64.7 Å². The van der Waals surface area contributed by atoms with E-state index in [1.54, 1.807) is 7.05 Å². The van der Waals surface area contributed by atoms with E-state index < -0.39 is 0 Å². The SMILES string of the molecule is CN=C(NCc1ccc(Cl)cc1)NCc1ccc(N2CCNC(=O)C2)cc1. The number of carbonyl (C=O) groups is 1. The van der Waals surface area contributed by atoms with Gasteiger partial charge >= 0.3 is 0 Å². The predicted molar refractivity (Wildman–Crippen MR) is 110 cm³/mol. The van der Waals surface area contributed by atoms with Gasteiger partial charge in [-0.2, -0.15) is 0 Å². The lowest BCUT2D eigenvalue weighted by molar-refractivity contribution is -0.120. The Kier molecular flexibility index (Phi) is 6.54. The number of benzene rings is 2. The molecule has 1 heterocycles. The monoisotopic (exact) mass is 385 g/mol. The van der Waals surface area contributed by atoms with Crippen LogP contribution < -0.4 is 20.9 Å². The Balaban J connectivity index is 1.49. The molecule has 142 valence electrons. The van der Waals surface area contributed by atoms with E-state index in [0.29, 0.717) is 26.2 Å². The van der Waals surface area contributed by atoms with Gasteiger partial charge in [-0.1, -0.05) is 35.9 Å². The van der Waals surface area contributed by atoms with E-state index in [-0.39, 0.29) is 5.91 Å². The molecule has 1 aliphatic rings. The standard InChI is InChI=1S/C20H24ClN5O/c1-22-20(24-12-15-2-6-17(21)7-3-15)25-13-16-4-8-18(9-5-16)26-11-10-23-19(27)14-26/h2-9H,10-14H2,1H3,(H,23,27)(H2,22,24,25). The number of halogens is 1. The first kappa shape index (κ1) is 19.0. The molecule has 0 aromatic heterocycles. The number of nitrogens with one attached hydrogen (secondary N) is 3. The number of nitrogens with zero attached hydrogens (tertiary/aromatic N) is 2. The van der Waals surface area contributed by atoms with Gasteiger partial charge in [0, 0.05) is 43.9 Å². The minimum Gasteiger partial charge on any atom is -0.360 e. The minimum absolute atomic E-state index is 0.0718. The summed E-state index contributed by atoms with van der Waals surface area (Å²) < 4.78 is 0. The number of guanidine groups is 1. The zero-order valence-electron chi connectivity index (χ0n) is 15.3. The second kappa shape index (κ2) is 9.28. The fourth-order valence-corrected chi connectivity index (χ4v) is 3.00. The summed E-state index contributed by atoms with van der Waals surface area (Å²) in [7, 11) is 1.75. The molecule has 6 nitrogen and oxygen atoms in total. The molecular formula is C20H24ClN5O. The van der Waals surface area contributed by atoms with Crippen LogP contribution in [-0.2, 0) is 17.9 Å². The number of piperazine rings is 1. The quantitative estimate of drug-likeness (QED) is 0.545. The number of carbonyl (C=O) groups excluding carboxylic acids is 1. The van der Waals surface area contributed by atoms with Crippen molar-refractivity contribution in [3.8, 4) is 0 Å². The highest BCUT2D eigenvalue weighted by Crippen LogP contribution is 2.16. The van der Waals surface area contributed by atoms with E-state index in [9.17, 15) is 4.79 Å². The second-order valence-electron chi connectivity index (χ2n) is 6.34. The fourth-order valence-electron chi connectivity index (χ4n) is 2.88. The zero-order valence-corrected chi connectivity index (χ0v) is 16.1. The molecule has 7 heteroatoms. The Bertz CT molecular complexity index is 789. The molecule has 1 saturated heterocycles. The number of aliphatic imine (C=N–C) groups is 1. The molecule has 1 aliphatic heterocycles. The molecule has 27 heavy (non-hydrogen) atoms. The summed E-state index contributed by atoms with van der Waals surface area (Å²) in [4.78, 5) is 17.9. The summed E-state index contributed by atoms with van der Waals surface area (Å²) in [5.41, 5.74) is 3.35. The molecule has 0 atom stereocenters. The van der Waals surface area contributed by atoms with Gasteiger partial charge in [0.1, 0.15) is 0 Å². The molecule has 2 aromatic carbocycles. The van der Waals surface area contributed by atoms with Gasteiger partial charge in [0.15, 0.2) is 5.96 Å². The molecule has 1 amide bonds. The van der Waals surface area contributed by atoms with Crippen LogP contribution in [0.5, 0.6) is 0 Å². The van der Waals surface area contributed by atoms with Crippen molar-refractivity contribution in [2.45, 2.75) is 13.1 Å². The number of hydrogen-bond acceptors (Lipinski definition) is 3. The number of hydrogen-bond donors (Lipinski definition) is 3. The highest BCUT2D eigenvalue weighted by Gasteiger charge is 2.16. The first-order valence-electron chi connectivity index (χ1n) is 8.93. The molecule has 0 spiro atoms. The fraction of sp³-hybridized carbons (Fsp3) is 0.300. The molecule has 0 radical (unpaired) electrons. The van der Waals surface area contributed by atoms with Gasteiger partial charge in [-0.15, -0.1) is 0 Å². The highest BCUT2D eigenvalue weighted by molar-refractivity contribution is 6.30. The van der Waals surface area contributed by atoms with Crippen LogP contribution in [0.4, 0.5) is 5.69 Å². The van der Waals surface area contributed by atoms with Gasteiger partial charge in [-0.25, -0.2) is 0 Å². The molecule has 2 aromatic rings.